The number of fused-ring (bicyclic) bond motifs is 1. The number of amides is 1. The highest BCUT2D eigenvalue weighted by Gasteiger charge is 2.14. The lowest BCUT2D eigenvalue weighted by atomic mass is 10.2. The Bertz CT molecular complexity index is 715. The maximum atomic E-state index is 12.3. The van der Waals surface area contributed by atoms with Gasteiger partial charge in [-0.1, -0.05) is 23.8 Å². The van der Waals surface area contributed by atoms with Gasteiger partial charge in [0, 0.05) is 18.5 Å². The van der Waals surface area contributed by atoms with Crippen LogP contribution in [-0.4, -0.2) is 36.8 Å². The minimum Gasteiger partial charge on any atom is -0.486 e. The summed E-state index contributed by atoms with van der Waals surface area (Å²) in [5, 5.41) is 0. The first kappa shape index (κ1) is 16.7. The summed E-state index contributed by atoms with van der Waals surface area (Å²) in [6.07, 6.45) is 0. The molecule has 1 amide bonds. The third kappa shape index (κ3) is 4.23. The lowest BCUT2D eigenvalue weighted by Crippen LogP contribution is -2.27. The third-order valence-electron chi connectivity index (χ3n) is 3.84. The maximum absolute atomic E-state index is 12.3. The topological polar surface area (TPSA) is 38.8 Å². The van der Waals surface area contributed by atoms with Crippen LogP contribution in [0.15, 0.2) is 47.4 Å². The molecule has 2 aromatic rings. The molecule has 126 valence electrons. The zero-order valence-electron chi connectivity index (χ0n) is 14.0. The van der Waals surface area contributed by atoms with Crippen molar-refractivity contribution in [2.75, 3.05) is 26.0 Å². The first-order valence-corrected chi connectivity index (χ1v) is 8.92. The van der Waals surface area contributed by atoms with E-state index in [1.807, 2.05) is 37.4 Å². The summed E-state index contributed by atoms with van der Waals surface area (Å²) in [5.41, 5.74) is 2.26. The molecular weight excluding hydrogens is 322 g/mol. The van der Waals surface area contributed by atoms with Crippen LogP contribution >= 0.6 is 11.8 Å². The standard InChI is InChI=1S/C19H21NO3S/c1-14-3-6-16(7-4-14)24-13-19(21)20(2)12-15-5-8-17-18(11-15)23-10-9-22-17/h3-8,11H,9-10,12-13H2,1-2H3. The molecular formula is C19H21NO3S. The molecule has 0 fully saturated rings. The molecule has 24 heavy (non-hydrogen) atoms. The van der Waals surface area contributed by atoms with Crippen LogP contribution in [0.4, 0.5) is 0 Å². The quantitative estimate of drug-likeness (QED) is 0.779. The van der Waals surface area contributed by atoms with Crippen molar-refractivity contribution in [3.8, 4) is 11.5 Å². The Morgan fingerprint density at radius 3 is 2.54 bits per heavy atom. The van der Waals surface area contributed by atoms with Crippen molar-refractivity contribution in [3.63, 3.8) is 0 Å². The normalized spacial score (nSPS) is 12.8. The number of carbonyl (C=O) groups is 1. The number of thioether (sulfide) groups is 1. The first-order valence-electron chi connectivity index (χ1n) is 7.94. The van der Waals surface area contributed by atoms with E-state index < -0.39 is 0 Å². The van der Waals surface area contributed by atoms with E-state index in [2.05, 4.69) is 19.1 Å². The highest BCUT2D eigenvalue weighted by molar-refractivity contribution is 8.00. The van der Waals surface area contributed by atoms with Gasteiger partial charge in [-0.25, -0.2) is 0 Å². The van der Waals surface area contributed by atoms with Gasteiger partial charge in [0.25, 0.3) is 0 Å². The summed E-state index contributed by atoms with van der Waals surface area (Å²) >= 11 is 1.56. The molecule has 0 aromatic heterocycles. The monoisotopic (exact) mass is 343 g/mol. The average Bonchev–Trinajstić information content (AvgIpc) is 2.61. The Morgan fingerprint density at radius 1 is 1.08 bits per heavy atom. The molecule has 4 nitrogen and oxygen atoms in total. The van der Waals surface area contributed by atoms with Gasteiger partial charge in [-0.05, 0) is 36.8 Å². The zero-order chi connectivity index (χ0) is 16.9. The number of nitrogens with zero attached hydrogens (tertiary/aromatic N) is 1. The summed E-state index contributed by atoms with van der Waals surface area (Å²) in [4.78, 5) is 15.2. The van der Waals surface area contributed by atoms with E-state index in [0.717, 1.165) is 22.0 Å². The van der Waals surface area contributed by atoms with Gasteiger partial charge in [-0.15, -0.1) is 11.8 Å². The zero-order valence-corrected chi connectivity index (χ0v) is 14.8. The molecule has 0 aliphatic carbocycles. The summed E-state index contributed by atoms with van der Waals surface area (Å²) in [6, 6.07) is 14.1. The van der Waals surface area contributed by atoms with E-state index in [4.69, 9.17) is 9.47 Å². The Kier molecular flexibility index (Phi) is 5.30. The van der Waals surface area contributed by atoms with Gasteiger partial charge in [0.15, 0.2) is 11.5 Å². The molecule has 0 atom stereocenters. The Balaban J connectivity index is 1.55. The number of rotatable bonds is 5. The van der Waals surface area contributed by atoms with Gasteiger partial charge < -0.3 is 14.4 Å². The van der Waals surface area contributed by atoms with Crippen LogP contribution in [0.2, 0.25) is 0 Å². The van der Waals surface area contributed by atoms with E-state index in [1.54, 1.807) is 16.7 Å². The minimum atomic E-state index is 0.107. The van der Waals surface area contributed by atoms with Crippen molar-refractivity contribution >= 4 is 17.7 Å². The fourth-order valence-corrected chi connectivity index (χ4v) is 3.28. The number of aryl methyl sites for hydroxylation is 1. The second kappa shape index (κ2) is 7.62. The number of ether oxygens (including phenoxy) is 2. The average molecular weight is 343 g/mol. The predicted molar refractivity (Wildman–Crippen MR) is 95.8 cm³/mol. The largest absolute Gasteiger partial charge is 0.486 e. The van der Waals surface area contributed by atoms with Gasteiger partial charge >= 0.3 is 0 Å². The highest BCUT2D eigenvalue weighted by atomic mass is 32.2. The maximum Gasteiger partial charge on any atom is 0.232 e. The van der Waals surface area contributed by atoms with Crippen LogP contribution in [0.3, 0.4) is 0 Å². The van der Waals surface area contributed by atoms with E-state index in [0.29, 0.717) is 25.5 Å². The summed E-state index contributed by atoms with van der Waals surface area (Å²) < 4.78 is 11.1. The van der Waals surface area contributed by atoms with E-state index >= 15 is 0 Å². The molecule has 0 radical (unpaired) electrons. The van der Waals surface area contributed by atoms with Gasteiger partial charge in [-0.3, -0.25) is 4.79 Å². The lowest BCUT2D eigenvalue weighted by Gasteiger charge is -2.21. The Labute approximate surface area is 146 Å². The van der Waals surface area contributed by atoms with Crippen LogP contribution in [0.5, 0.6) is 11.5 Å². The number of hydrogen-bond acceptors (Lipinski definition) is 4. The van der Waals surface area contributed by atoms with Crippen LogP contribution in [0.1, 0.15) is 11.1 Å². The van der Waals surface area contributed by atoms with Gasteiger partial charge in [0.1, 0.15) is 13.2 Å². The van der Waals surface area contributed by atoms with Crippen molar-refractivity contribution in [1.29, 1.82) is 0 Å². The summed E-state index contributed by atoms with van der Waals surface area (Å²) in [5.74, 6) is 2.07. The van der Waals surface area contributed by atoms with E-state index in [-0.39, 0.29) is 5.91 Å². The molecule has 5 heteroatoms. The molecule has 1 aliphatic rings. The minimum absolute atomic E-state index is 0.107. The van der Waals surface area contributed by atoms with Crippen molar-refractivity contribution in [1.82, 2.24) is 4.90 Å². The fraction of sp³-hybridized carbons (Fsp3) is 0.316. The second-order valence-electron chi connectivity index (χ2n) is 5.83. The van der Waals surface area contributed by atoms with Gasteiger partial charge in [0.05, 0.1) is 5.75 Å². The molecule has 3 rings (SSSR count). The molecule has 2 aromatic carbocycles. The summed E-state index contributed by atoms with van der Waals surface area (Å²) in [6.45, 7) is 3.77. The molecule has 0 saturated heterocycles. The van der Waals surface area contributed by atoms with Crippen LogP contribution in [0, 0.1) is 6.92 Å². The molecule has 1 aliphatic heterocycles. The molecule has 0 saturated carbocycles. The molecule has 0 N–H and O–H groups in total. The molecule has 0 unspecified atom stereocenters. The van der Waals surface area contributed by atoms with E-state index in [9.17, 15) is 4.79 Å². The van der Waals surface area contributed by atoms with Gasteiger partial charge in [0.2, 0.25) is 5.91 Å². The van der Waals surface area contributed by atoms with Crippen LogP contribution in [-0.2, 0) is 11.3 Å². The smallest absolute Gasteiger partial charge is 0.232 e. The Hall–Kier alpha value is -2.14. The van der Waals surface area contributed by atoms with Crippen molar-refractivity contribution in [3.05, 3.63) is 53.6 Å². The van der Waals surface area contributed by atoms with Crippen molar-refractivity contribution < 1.29 is 14.3 Å². The SMILES string of the molecule is Cc1ccc(SCC(=O)N(C)Cc2ccc3c(c2)OCCO3)cc1. The van der Waals surface area contributed by atoms with Crippen molar-refractivity contribution in [2.24, 2.45) is 0 Å². The molecule has 1 heterocycles. The van der Waals surface area contributed by atoms with Gasteiger partial charge in [-0.2, -0.15) is 0 Å². The van der Waals surface area contributed by atoms with Crippen LogP contribution < -0.4 is 9.47 Å². The molecule has 0 spiro atoms. The number of benzene rings is 2. The first-order chi connectivity index (χ1) is 11.6. The predicted octanol–water partition coefficient (Wildman–Crippen LogP) is 3.52. The number of hydrogen-bond donors (Lipinski definition) is 0. The third-order valence-corrected chi connectivity index (χ3v) is 4.83. The number of carbonyl (C=O) groups excluding carboxylic acids is 1. The molecule has 0 bridgehead atoms. The van der Waals surface area contributed by atoms with Crippen LogP contribution in [0.25, 0.3) is 0 Å². The summed E-state index contributed by atoms with van der Waals surface area (Å²) in [7, 11) is 1.83. The highest BCUT2D eigenvalue weighted by Crippen LogP contribution is 2.31. The lowest BCUT2D eigenvalue weighted by molar-refractivity contribution is -0.127. The fourth-order valence-electron chi connectivity index (χ4n) is 2.44. The van der Waals surface area contributed by atoms with Crippen molar-refractivity contribution in [2.45, 2.75) is 18.4 Å². The second-order valence-corrected chi connectivity index (χ2v) is 6.88. The van der Waals surface area contributed by atoms with E-state index in [1.165, 1.54) is 5.56 Å². The Morgan fingerprint density at radius 2 is 1.79 bits per heavy atom.